The molecular formula is C12H15N3OS. The minimum atomic E-state index is 0.390. The average molecular weight is 249 g/mol. The zero-order valence-electron chi connectivity index (χ0n) is 9.72. The molecular weight excluding hydrogens is 234 g/mol. The van der Waals surface area contributed by atoms with Crippen LogP contribution in [0.5, 0.6) is 0 Å². The summed E-state index contributed by atoms with van der Waals surface area (Å²) in [5.74, 6) is 0. The standard InChI is InChI=1S/C12H15N3OS/c1-8-7-16-5-4-15(8)12-14-10-3-2-9(13)6-11(10)17-12/h2-3,6,8H,4-5,7,13H2,1H3. The number of nitrogens with zero attached hydrogens (tertiary/aromatic N) is 2. The van der Waals surface area contributed by atoms with Gasteiger partial charge in [-0.25, -0.2) is 4.98 Å². The van der Waals surface area contributed by atoms with E-state index in [-0.39, 0.29) is 0 Å². The third-order valence-electron chi connectivity index (χ3n) is 3.01. The predicted molar refractivity (Wildman–Crippen MR) is 71.7 cm³/mol. The second-order valence-corrected chi connectivity index (χ2v) is 5.35. The van der Waals surface area contributed by atoms with E-state index < -0.39 is 0 Å². The summed E-state index contributed by atoms with van der Waals surface area (Å²) in [5.41, 5.74) is 7.60. The molecule has 0 bridgehead atoms. The smallest absolute Gasteiger partial charge is 0.186 e. The van der Waals surface area contributed by atoms with E-state index in [2.05, 4.69) is 16.8 Å². The number of rotatable bonds is 1. The van der Waals surface area contributed by atoms with Gasteiger partial charge in [0.2, 0.25) is 0 Å². The van der Waals surface area contributed by atoms with Crippen LogP contribution in [0.3, 0.4) is 0 Å². The Labute approximate surface area is 104 Å². The van der Waals surface area contributed by atoms with Crippen molar-refractivity contribution in [3.8, 4) is 0 Å². The van der Waals surface area contributed by atoms with Gasteiger partial charge in [0.25, 0.3) is 0 Å². The van der Waals surface area contributed by atoms with Gasteiger partial charge in [-0.15, -0.1) is 0 Å². The molecule has 17 heavy (non-hydrogen) atoms. The first-order valence-electron chi connectivity index (χ1n) is 5.74. The molecule has 1 aliphatic rings. The molecule has 2 N–H and O–H groups in total. The molecule has 0 radical (unpaired) electrons. The molecule has 0 saturated carbocycles. The molecule has 1 aromatic heterocycles. The van der Waals surface area contributed by atoms with Crippen molar-refractivity contribution in [2.45, 2.75) is 13.0 Å². The van der Waals surface area contributed by atoms with Gasteiger partial charge in [0.15, 0.2) is 5.13 Å². The second-order valence-electron chi connectivity index (χ2n) is 4.34. The molecule has 1 unspecified atom stereocenters. The Morgan fingerprint density at radius 3 is 3.24 bits per heavy atom. The summed E-state index contributed by atoms with van der Waals surface area (Å²) in [6.07, 6.45) is 0. The molecule has 2 aromatic rings. The fraction of sp³-hybridized carbons (Fsp3) is 0.417. The van der Waals surface area contributed by atoms with Crippen LogP contribution < -0.4 is 10.6 Å². The number of ether oxygens (including phenoxy) is 1. The van der Waals surface area contributed by atoms with Crippen LogP contribution in [0.1, 0.15) is 6.92 Å². The lowest BCUT2D eigenvalue weighted by molar-refractivity contribution is 0.0989. The van der Waals surface area contributed by atoms with Crippen molar-refractivity contribution in [3.05, 3.63) is 18.2 Å². The Bertz CT molecular complexity index is 540. The number of anilines is 2. The van der Waals surface area contributed by atoms with Crippen LogP contribution in [-0.2, 0) is 4.74 Å². The van der Waals surface area contributed by atoms with Gasteiger partial charge in [-0.2, -0.15) is 0 Å². The Morgan fingerprint density at radius 2 is 2.41 bits per heavy atom. The summed E-state index contributed by atoms with van der Waals surface area (Å²) in [6.45, 7) is 4.64. The summed E-state index contributed by atoms with van der Waals surface area (Å²) >= 11 is 1.70. The number of thiazole rings is 1. The van der Waals surface area contributed by atoms with Crippen molar-refractivity contribution in [3.63, 3.8) is 0 Å². The number of aromatic nitrogens is 1. The third-order valence-corrected chi connectivity index (χ3v) is 4.07. The first-order valence-corrected chi connectivity index (χ1v) is 6.56. The lowest BCUT2D eigenvalue weighted by Gasteiger charge is -2.32. The average Bonchev–Trinajstić information content (AvgIpc) is 2.72. The van der Waals surface area contributed by atoms with Crippen LogP contribution in [0.4, 0.5) is 10.8 Å². The van der Waals surface area contributed by atoms with Crippen molar-refractivity contribution >= 4 is 32.4 Å². The van der Waals surface area contributed by atoms with Crippen molar-refractivity contribution in [2.24, 2.45) is 0 Å². The molecule has 1 aliphatic heterocycles. The number of morpholine rings is 1. The van der Waals surface area contributed by atoms with E-state index in [0.29, 0.717) is 6.04 Å². The molecule has 1 saturated heterocycles. The monoisotopic (exact) mass is 249 g/mol. The number of nitrogens with two attached hydrogens (primary N) is 1. The number of benzene rings is 1. The molecule has 0 amide bonds. The molecule has 2 heterocycles. The first kappa shape index (κ1) is 10.8. The maximum Gasteiger partial charge on any atom is 0.186 e. The normalized spacial score (nSPS) is 21.0. The molecule has 1 atom stereocenters. The molecule has 5 heteroatoms. The third kappa shape index (κ3) is 1.96. The summed E-state index contributed by atoms with van der Waals surface area (Å²) < 4.78 is 6.59. The molecule has 0 aliphatic carbocycles. The number of fused-ring (bicyclic) bond motifs is 1. The van der Waals surface area contributed by atoms with Gasteiger partial charge in [-0.3, -0.25) is 0 Å². The molecule has 0 spiro atoms. The van der Waals surface area contributed by atoms with Crippen LogP contribution in [0.25, 0.3) is 10.2 Å². The fourth-order valence-electron chi connectivity index (χ4n) is 2.06. The SMILES string of the molecule is CC1COCCN1c1nc2ccc(N)cc2s1. The highest BCUT2D eigenvalue weighted by molar-refractivity contribution is 7.22. The van der Waals surface area contributed by atoms with Crippen LogP contribution in [-0.4, -0.2) is 30.8 Å². The molecule has 90 valence electrons. The topological polar surface area (TPSA) is 51.4 Å². The van der Waals surface area contributed by atoms with Crippen molar-refractivity contribution < 1.29 is 4.74 Å². The number of hydrogen-bond acceptors (Lipinski definition) is 5. The summed E-state index contributed by atoms with van der Waals surface area (Å²) in [4.78, 5) is 6.97. The van der Waals surface area contributed by atoms with Gasteiger partial charge in [0.1, 0.15) is 0 Å². The first-order chi connectivity index (χ1) is 8.24. The lowest BCUT2D eigenvalue weighted by atomic mass is 10.3. The van der Waals surface area contributed by atoms with E-state index >= 15 is 0 Å². The maximum atomic E-state index is 5.78. The minimum absolute atomic E-state index is 0.390. The summed E-state index contributed by atoms with van der Waals surface area (Å²) in [7, 11) is 0. The largest absolute Gasteiger partial charge is 0.399 e. The molecule has 4 nitrogen and oxygen atoms in total. The van der Waals surface area contributed by atoms with Crippen molar-refractivity contribution in [1.29, 1.82) is 0 Å². The van der Waals surface area contributed by atoms with Gasteiger partial charge in [0, 0.05) is 12.2 Å². The lowest BCUT2D eigenvalue weighted by Crippen LogP contribution is -2.43. The highest BCUT2D eigenvalue weighted by atomic mass is 32.1. The highest BCUT2D eigenvalue weighted by Gasteiger charge is 2.21. The van der Waals surface area contributed by atoms with Crippen LogP contribution >= 0.6 is 11.3 Å². The van der Waals surface area contributed by atoms with E-state index in [1.54, 1.807) is 11.3 Å². The number of nitrogen functional groups attached to an aromatic ring is 1. The van der Waals surface area contributed by atoms with Gasteiger partial charge in [-0.1, -0.05) is 11.3 Å². The van der Waals surface area contributed by atoms with Gasteiger partial charge in [-0.05, 0) is 25.1 Å². The van der Waals surface area contributed by atoms with Crippen molar-refractivity contribution in [2.75, 3.05) is 30.4 Å². The summed E-state index contributed by atoms with van der Waals surface area (Å²) in [6, 6.07) is 6.26. The van der Waals surface area contributed by atoms with Crippen LogP contribution in [0.15, 0.2) is 18.2 Å². The number of hydrogen-bond donors (Lipinski definition) is 1. The Morgan fingerprint density at radius 1 is 1.53 bits per heavy atom. The zero-order chi connectivity index (χ0) is 11.8. The van der Waals surface area contributed by atoms with E-state index in [1.807, 2.05) is 18.2 Å². The Hall–Kier alpha value is -1.33. The van der Waals surface area contributed by atoms with Gasteiger partial charge in [0.05, 0.1) is 29.5 Å². The molecule has 3 rings (SSSR count). The van der Waals surface area contributed by atoms with E-state index in [9.17, 15) is 0 Å². The Kier molecular flexibility index (Phi) is 2.64. The molecule has 1 aromatic carbocycles. The predicted octanol–water partition coefficient (Wildman–Crippen LogP) is 2.10. The zero-order valence-corrected chi connectivity index (χ0v) is 10.5. The highest BCUT2D eigenvalue weighted by Crippen LogP contribution is 2.31. The second kappa shape index (κ2) is 4.16. The van der Waals surface area contributed by atoms with Crippen molar-refractivity contribution in [1.82, 2.24) is 4.98 Å². The fourth-order valence-corrected chi connectivity index (χ4v) is 3.21. The van der Waals surface area contributed by atoms with E-state index in [0.717, 1.165) is 40.8 Å². The van der Waals surface area contributed by atoms with Crippen LogP contribution in [0.2, 0.25) is 0 Å². The Balaban J connectivity index is 1.99. The summed E-state index contributed by atoms with van der Waals surface area (Å²) in [5, 5.41) is 1.07. The van der Waals surface area contributed by atoms with E-state index in [1.165, 1.54) is 0 Å². The maximum absolute atomic E-state index is 5.78. The van der Waals surface area contributed by atoms with Gasteiger partial charge >= 0.3 is 0 Å². The quantitative estimate of drug-likeness (QED) is 0.786. The van der Waals surface area contributed by atoms with Gasteiger partial charge < -0.3 is 15.4 Å². The minimum Gasteiger partial charge on any atom is -0.399 e. The van der Waals surface area contributed by atoms with Crippen LogP contribution in [0, 0.1) is 0 Å². The molecule has 1 fully saturated rings. The van der Waals surface area contributed by atoms with E-state index in [4.69, 9.17) is 10.5 Å².